The largest absolute Gasteiger partial charge is 0.395 e. The van der Waals surface area contributed by atoms with E-state index < -0.39 is 11.6 Å². The molecule has 0 aliphatic heterocycles. The SMILES string of the molecule is CCCCc1ccc(Nc2cc(F)cc(F)c2N)cc1. The van der Waals surface area contributed by atoms with Crippen LogP contribution < -0.4 is 11.1 Å². The molecule has 106 valence electrons. The van der Waals surface area contributed by atoms with Gasteiger partial charge in [0.25, 0.3) is 0 Å². The number of nitrogens with two attached hydrogens (primary N) is 1. The van der Waals surface area contributed by atoms with E-state index in [4.69, 9.17) is 5.73 Å². The van der Waals surface area contributed by atoms with Gasteiger partial charge in [-0.2, -0.15) is 0 Å². The zero-order valence-corrected chi connectivity index (χ0v) is 11.4. The van der Waals surface area contributed by atoms with E-state index in [1.165, 1.54) is 11.6 Å². The highest BCUT2D eigenvalue weighted by molar-refractivity contribution is 5.73. The molecular formula is C16H18F2N2. The van der Waals surface area contributed by atoms with Gasteiger partial charge in [0, 0.05) is 11.8 Å². The summed E-state index contributed by atoms with van der Waals surface area (Å²) in [6.07, 6.45) is 3.33. The van der Waals surface area contributed by atoms with E-state index in [0.717, 1.165) is 31.0 Å². The Bertz CT molecular complexity index is 580. The number of benzene rings is 2. The quantitative estimate of drug-likeness (QED) is 0.781. The summed E-state index contributed by atoms with van der Waals surface area (Å²) in [6.45, 7) is 2.15. The highest BCUT2D eigenvalue weighted by atomic mass is 19.1. The first-order valence-electron chi connectivity index (χ1n) is 6.70. The van der Waals surface area contributed by atoms with E-state index in [2.05, 4.69) is 12.2 Å². The lowest BCUT2D eigenvalue weighted by molar-refractivity contribution is 0.587. The van der Waals surface area contributed by atoms with Gasteiger partial charge in [0.1, 0.15) is 5.82 Å². The maximum atomic E-state index is 13.3. The number of rotatable bonds is 5. The molecule has 0 spiro atoms. The summed E-state index contributed by atoms with van der Waals surface area (Å²) in [6, 6.07) is 9.73. The van der Waals surface area contributed by atoms with Gasteiger partial charge in [-0.15, -0.1) is 0 Å². The molecule has 0 amide bonds. The monoisotopic (exact) mass is 276 g/mol. The normalized spacial score (nSPS) is 10.6. The molecule has 2 aromatic carbocycles. The molecule has 0 radical (unpaired) electrons. The van der Waals surface area contributed by atoms with Crippen molar-refractivity contribution in [3.63, 3.8) is 0 Å². The van der Waals surface area contributed by atoms with Crippen LogP contribution in [0.1, 0.15) is 25.3 Å². The van der Waals surface area contributed by atoms with Crippen molar-refractivity contribution < 1.29 is 8.78 Å². The standard InChI is InChI=1S/C16H18F2N2/c1-2-3-4-11-5-7-13(8-6-11)20-15-10-12(17)9-14(18)16(15)19/h5-10,20H,2-4,19H2,1H3. The Balaban J connectivity index is 2.14. The molecule has 2 rings (SSSR count). The van der Waals surface area contributed by atoms with Gasteiger partial charge >= 0.3 is 0 Å². The average molecular weight is 276 g/mol. The molecule has 3 N–H and O–H groups in total. The maximum absolute atomic E-state index is 13.3. The fourth-order valence-electron chi connectivity index (χ4n) is 1.98. The first kappa shape index (κ1) is 14.3. The average Bonchev–Trinajstić information content (AvgIpc) is 2.43. The number of aryl methyl sites for hydroxylation is 1. The van der Waals surface area contributed by atoms with Crippen molar-refractivity contribution in [3.05, 3.63) is 53.6 Å². The van der Waals surface area contributed by atoms with Gasteiger partial charge in [-0.3, -0.25) is 0 Å². The van der Waals surface area contributed by atoms with Crippen LogP contribution >= 0.6 is 0 Å². The van der Waals surface area contributed by atoms with Crippen LogP contribution in [0.15, 0.2) is 36.4 Å². The molecule has 0 unspecified atom stereocenters. The van der Waals surface area contributed by atoms with Crippen molar-refractivity contribution in [2.75, 3.05) is 11.1 Å². The number of unbranched alkanes of at least 4 members (excludes halogenated alkanes) is 1. The third-order valence-electron chi connectivity index (χ3n) is 3.15. The van der Waals surface area contributed by atoms with E-state index in [1.54, 1.807) is 0 Å². The Kier molecular flexibility index (Phi) is 4.56. The van der Waals surface area contributed by atoms with Crippen LogP contribution in [-0.2, 0) is 6.42 Å². The fourth-order valence-corrected chi connectivity index (χ4v) is 1.98. The van der Waals surface area contributed by atoms with Crippen LogP contribution in [0.4, 0.5) is 25.8 Å². The molecule has 0 atom stereocenters. The molecule has 0 bridgehead atoms. The lowest BCUT2D eigenvalue weighted by atomic mass is 10.1. The first-order valence-corrected chi connectivity index (χ1v) is 6.70. The zero-order valence-electron chi connectivity index (χ0n) is 11.4. The Hall–Kier alpha value is -2.10. The van der Waals surface area contributed by atoms with Gasteiger partial charge in [-0.1, -0.05) is 25.5 Å². The minimum Gasteiger partial charge on any atom is -0.395 e. The van der Waals surface area contributed by atoms with Crippen LogP contribution in [0.3, 0.4) is 0 Å². The van der Waals surface area contributed by atoms with E-state index >= 15 is 0 Å². The van der Waals surface area contributed by atoms with Gasteiger partial charge in [-0.25, -0.2) is 8.78 Å². The summed E-state index contributed by atoms with van der Waals surface area (Å²) < 4.78 is 26.5. The topological polar surface area (TPSA) is 38.0 Å². The molecular weight excluding hydrogens is 258 g/mol. The number of anilines is 3. The van der Waals surface area contributed by atoms with Gasteiger partial charge in [0.15, 0.2) is 5.82 Å². The van der Waals surface area contributed by atoms with Crippen LogP contribution in [0.5, 0.6) is 0 Å². The second kappa shape index (κ2) is 6.37. The van der Waals surface area contributed by atoms with Gasteiger partial charge in [0.05, 0.1) is 11.4 Å². The van der Waals surface area contributed by atoms with Crippen molar-refractivity contribution >= 4 is 17.1 Å². The summed E-state index contributed by atoms with van der Waals surface area (Å²) in [7, 11) is 0. The molecule has 2 aromatic rings. The smallest absolute Gasteiger partial charge is 0.151 e. The maximum Gasteiger partial charge on any atom is 0.151 e. The number of nitrogen functional groups attached to an aromatic ring is 1. The molecule has 2 nitrogen and oxygen atoms in total. The van der Waals surface area contributed by atoms with Crippen molar-refractivity contribution in [2.45, 2.75) is 26.2 Å². The van der Waals surface area contributed by atoms with Crippen LogP contribution in [0.25, 0.3) is 0 Å². The first-order chi connectivity index (χ1) is 9.60. The predicted octanol–water partition coefficient (Wildman–Crippen LogP) is 4.63. The summed E-state index contributed by atoms with van der Waals surface area (Å²) in [5.41, 5.74) is 7.75. The number of halogens is 2. The fraction of sp³-hybridized carbons (Fsp3) is 0.250. The zero-order chi connectivity index (χ0) is 14.5. The molecule has 20 heavy (non-hydrogen) atoms. The number of hydrogen-bond acceptors (Lipinski definition) is 2. The summed E-state index contributed by atoms with van der Waals surface area (Å²) in [4.78, 5) is 0. The lowest BCUT2D eigenvalue weighted by Crippen LogP contribution is -2.00. The van der Waals surface area contributed by atoms with E-state index in [9.17, 15) is 8.78 Å². The number of nitrogens with one attached hydrogen (secondary N) is 1. The van der Waals surface area contributed by atoms with E-state index in [1.807, 2.05) is 24.3 Å². The molecule has 0 saturated carbocycles. The van der Waals surface area contributed by atoms with Crippen molar-refractivity contribution in [1.29, 1.82) is 0 Å². The Morgan fingerprint density at radius 3 is 2.45 bits per heavy atom. The molecule has 0 fully saturated rings. The summed E-state index contributed by atoms with van der Waals surface area (Å²) in [5, 5.41) is 2.93. The summed E-state index contributed by atoms with van der Waals surface area (Å²) >= 11 is 0. The van der Waals surface area contributed by atoms with Crippen LogP contribution in [-0.4, -0.2) is 0 Å². The molecule has 0 heterocycles. The second-order valence-electron chi connectivity index (χ2n) is 4.77. The Morgan fingerprint density at radius 2 is 1.80 bits per heavy atom. The highest BCUT2D eigenvalue weighted by Crippen LogP contribution is 2.27. The predicted molar refractivity (Wildman–Crippen MR) is 79.1 cm³/mol. The Morgan fingerprint density at radius 1 is 1.10 bits per heavy atom. The molecule has 0 saturated heterocycles. The van der Waals surface area contributed by atoms with Crippen LogP contribution in [0.2, 0.25) is 0 Å². The van der Waals surface area contributed by atoms with Crippen LogP contribution in [0, 0.1) is 11.6 Å². The minimum absolute atomic E-state index is 0.0820. The summed E-state index contributed by atoms with van der Waals surface area (Å²) in [5.74, 6) is -1.41. The van der Waals surface area contributed by atoms with Gasteiger partial charge in [-0.05, 0) is 36.6 Å². The Labute approximate surface area is 117 Å². The second-order valence-corrected chi connectivity index (χ2v) is 4.77. The van der Waals surface area contributed by atoms with E-state index in [0.29, 0.717) is 0 Å². The third-order valence-corrected chi connectivity index (χ3v) is 3.15. The number of hydrogen-bond donors (Lipinski definition) is 2. The molecule has 0 aliphatic rings. The third kappa shape index (κ3) is 3.47. The molecule has 0 aromatic heterocycles. The van der Waals surface area contributed by atoms with Crippen molar-refractivity contribution in [1.82, 2.24) is 0 Å². The molecule has 4 heteroatoms. The van der Waals surface area contributed by atoms with Crippen molar-refractivity contribution in [2.24, 2.45) is 0 Å². The van der Waals surface area contributed by atoms with E-state index in [-0.39, 0.29) is 11.4 Å². The minimum atomic E-state index is -0.757. The van der Waals surface area contributed by atoms with Gasteiger partial charge < -0.3 is 11.1 Å². The van der Waals surface area contributed by atoms with Crippen molar-refractivity contribution in [3.8, 4) is 0 Å². The molecule has 0 aliphatic carbocycles. The highest BCUT2D eigenvalue weighted by Gasteiger charge is 2.08. The van der Waals surface area contributed by atoms with Gasteiger partial charge in [0.2, 0.25) is 0 Å². The lowest BCUT2D eigenvalue weighted by Gasteiger charge is -2.11.